The Bertz CT molecular complexity index is 219. The Balaban J connectivity index is 2.98. The first-order valence-corrected chi connectivity index (χ1v) is 7.18. The van der Waals surface area contributed by atoms with E-state index >= 15 is 0 Å². The third-order valence-electron chi connectivity index (χ3n) is 2.90. The monoisotopic (exact) mass is 236 g/mol. The first-order valence-electron chi connectivity index (χ1n) is 7.18. The van der Waals surface area contributed by atoms with Crippen LogP contribution >= 0.6 is 0 Å². The van der Waals surface area contributed by atoms with Crippen LogP contribution in [0, 0.1) is 12.0 Å². The van der Waals surface area contributed by atoms with Gasteiger partial charge in [0.05, 0.1) is 0 Å². The Morgan fingerprint density at radius 3 is 2.00 bits per heavy atom. The highest BCUT2D eigenvalue weighted by atomic mass is 16.2. The zero-order valence-corrected chi connectivity index (χ0v) is 11.4. The van der Waals surface area contributed by atoms with E-state index in [9.17, 15) is 0 Å². The largest absolute Gasteiger partial charge is 0.462 e. The van der Waals surface area contributed by atoms with E-state index < -0.39 is 0 Å². The summed E-state index contributed by atoms with van der Waals surface area (Å²) in [5.41, 5.74) is 0. The normalized spacial score (nSPS) is 10.4. The summed E-state index contributed by atoms with van der Waals surface area (Å²) in [5.74, 6) is 2.68. The van der Waals surface area contributed by atoms with Crippen molar-refractivity contribution in [3.8, 4) is 12.0 Å². The summed E-state index contributed by atoms with van der Waals surface area (Å²) in [6, 6.07) is 0. The molecular weight excluding hydrogens is 208 g/mol. The summed E-state index contributed by atoms with van der Waals surface area (Å²) in [6.45, 7) is 2.18. The van der Waals surface area contributed by atoms with E-state index in [4.69, 9.17) is 5.11 Å². The molecule has 1 heteroatoms. The van der Waals surface area contributed by atoms with Gasteiger partial charge in [-0.05, 0) is 25.7 Å². The highest BCUT2D eigenvalue weighted by Gasteiger charge is 1.91. The van der Waals surface area contributed by atoms with Crippen molar-refractivity contribution < 1.29 is 5.11 Å². The first-order chi connectivity index (χ1) is 8.41. The van der Waals surface area contributed by atoms with Gasteiger partial charge in [-0.3, -0.25) is 0 Å². The molecule has 0 unspecified atom stereocenters. The van der Waals surface area contributed by atoms with Crippen LogP contribution in [0.5, 0.6) is 0 Å². The fourth-order valence-corrected chi connectivity index (χ4v) is 1.88. The number of aliphatic hydroxyl groups excluding tert-OH is 1. The van der Waals surface area contributed by atoms with Gasteiger partial charge in [-0.1, -0.05) is 63.5 Å². The predicted molar refractivity (Wildman–Crippen MR) is 75.3 cm³/mol. The third-order valence-corrected chi connectivity index (χ3v) is 2.90. The van der Waals surface area contributed by atoms with Crippen LogP contribution in [-0.4, -0.2) is 5.11 Å². The van der Waals surface area contributed by atoms with Gasteiger partial charge >= 0.3 is 0 Å². The minimum atomic E-state index is 0.847. The number of hydrogen-bond donors (Lipinski definition) is 1. The molecule has 0 amide bonds. The van der Waals surface area contributed by atoms with Crippen molar-refractivity contribution in [2.45, 2.75) is 77.6 Å². The number of hydrogen-bond acceptors (Lipinski definition) is 1. The Hall–Kier alpha value is -0.900. The topological polar surface area (TPSA) is 20.2 Å². The molecule has 0 aromatic carbocycles. The average Bonchev–Trinajstić information content (AvgIpc) is 2.35. The zero-order valence-electron chi connectivity index (χ0n) is 11.4. The van der Waals surface area contributed by atoms with Crippen molar-refractivity contribution in [3.63, 3.8) is 0 Å². The molecule has 0 aromatic rings. The molecule has 0 aromatic heterocycles. The molecule has 0 saturated heterocycles. The van der Waals surface area contributed by atoms with Gasteiger partial charge in [0, 0.05) is 6.42 Å². The fourth-order valence-electron chi connectivity index (χ4n) is 1.88. The van der Waals surface area contributed by atoms with Gasteiger partial charge in [0.1, 0.15) is 6.11 Å². The lowest BCUT2D eigenvalue weighted by Crippen LogP contribution is -1.81. The Morgan fingerprint density at radius 1 is 0.824 bits per heavy atom. The molecule has 1 nitrogen and oxygen atoms in total. The number of aliphatic hydroxyl groups is 1. The molecule has 0 aliphatic rings. The fraction of sp³-hybridized carbons (Fsp3) is 0.750. The summed E-state index contributed by atoms with van der Waals surface area (Å²) in [5, 5.41) is 8.28. The van der Waals surface area contributed by atoms with Gasteiger partial charge in [-0.15, -0.1) is 0 Å². The van der Waals surface area contributed by atoms with Crippen LogP contribution in [0.1, 0.15) is 77.6 Å². The van der Waals surface area contributed by atoms with Gasteiger partial charge < -0.3 is 5.11 Å². The summed E-state index contributed by atoms with van der Waals surface area (Å²) in [7, 11) is 0. The number of rotatable bonds is 11. The molecule has 0 atom stereocenters. The minimum Gasteiger partial charge on any atom is -0.462 e. The second-order valence-corrected chi connectivity index (χ2v) is 4.54. The summed E-state index contributed by atoms with van der Waals surface area (Å²) >= 11 is 0. The van der Waals surface area contributed by atoms with E-state index in [1.165, 1.54) is 57.8 Å². The molecule has 0 radical (unpaired) electrons. The maximum atomic E-state index is 8.28. The molecule has 0 spiro atoms. The van der Waals surface area contributed by atoms with Gasteiger partial charge in [-0.25, -0.2) is 0 Å². The van der Waals surface area contributed by atoms with Crippen LogP contribution in [0.4, 0.5) is 0 Å². The highest BCUT2D eigenvalue weighted by Crippen LogP contribution is 2.10. The molecule has 98 valence electrons. The zero-order chi connectivity index (χ0) is 12.6. The van der Waals surface area contributed by atoms with Crippen molar-refractivity contribution in [2.75, 3.05) is 0 Å². The van der Waals surface area contributed by atoms with E-state index in [1.807, 2.05) is 6.11 Å². The van der Waals surface area contributed by atoms with Gasteiger partial charge in [0.2, 0.25) is 0 Å². The molecule has 0 bridgehead atoms. The van der Waals surface area contributed by atoms with Crippen LogP contribution < -0.4 is 0 Å². The molecule has 0 rings (SSSR count). The number of allylic oxidation sites excluding steroid dienone is 2. The molecule has 0 aliphatic carbocycles. The quantitative estimate of drug-likeness (QED) is 0.297. The molecule has 1 N–H and O–H groups in total. The molecular formula is C16H28O. The minimum absolute atomic E-state index is 0.847. The van der Waals surface area contributed by atoms with E-state index in [2.05, 4.69) is 25.0 Å². The predicted octanol–water partition coefficient (Wildman–Crippen LogP) is 5.19. The summed E-state index contributed by atoms with van der Waals surface area (Å²) < 4.78 is 0. The molecule has 17 heavy (non-hydrogen) atoms. The van der Waals surface area contributed by atoms with Crippen molar-refractivity contribution in [1.29, 1.82) is 0 Å². The van der Waals surface area contributed by atoms with Crippen LogP contribution in [0.2, 0.25) is 0 Å². The Labute approximate surface area is 107 Å². The Kier molecular flexibility index (Phi) is 14.3. The van der Waals surface area contributed by atoms with Crippen LogP contribution in [0.3, 0.4) is 0 Å². The smallest absolute Gasteiger partial charge is 0.107 e. The molecule has 0 fully saturated rings. The van der Waals surface area contributed by atoms with Crippen LogP contribution in [0.25, 0.3) is 0 Å². The standard InChI is InChI=1S/C16H28O/c1-2-3-4-5-6-7-8-9-10-11-12-13-14-15-16-17/h3-4,17H,2,5-14H2,1H3/b4-3-. The van der Waals surface area contributed by atoms with Gasteiger partial charge in [-0.2, -0.15) is 0 Å². The molecule has 0 saturated carbocycles. The molecule has 0 heterocycles. The maximum Gasteiger partial charge on any atom is 0.107 e. The number of unbranched alkanes of at least 4 members (excludes halogenated alkanes) is 9. The van der Waals surface area contributed by atoms with Crippen LogP contribution in [-0.2, 0) is 0 Å². The summed E-state index contributed by atoms with van der Waals surface area (Å²) in [4.78, 5) is 0. The highest BCUT2D eigenvalue weighted by molar-refractivity contribution is 4.88. The van der Waals surface area contributed by atoms with E-state index in [-0.39, 0.29) is 0 Å². The van der Waals surface area contributed by atoms with Crippen molar-refractivity contribution in [2.24, 2.45) is 0 Å². The first kappa shape index (κ1) is 16.1. The lowest BCUT2D eigenvalue weighted by atomic mass is 10.1. The second-order valence-electron chi connectivity index (χ2n) is 4.54. The second kappa shape index (κ2) is 15.1. The van der Waals surface area contributed by atoms with E-state index in [0.29, 0.717) is 0 Å². The van der Waals surface area contributed by atoms with Gasteiger partial charge in [0.15, 0.2) is 0 Å². The van der Waals surface area contributed by atoms with Crippen LogP contribution in [0.15, 0.2) is 12.2 Å². The maximum absolute atomic E-state index is 8.28. The van der Waals surface area contributed by atoms with Gasteiger partial charge in [0.25, 0.3) is 0 Å². The van der Waals surface area contributed by atoms with Crippen molar-refractivity contribution >= 4 is 0 Å². The lowest BCUT2D eigenvalue weighted by molar-refractivity contribution is 0.515. The van der Waals surface area contributed by atoms with E-state index in [0.717, 1.165) is 12.8 Å². The average molecular weight is 236 g/mol. The van der Waals surface area contributed by atoms with E-state index in [1.54, 1.807) is 0 Å². The third kappa shape index (κ3) is 15.1. The SMILES string of the molecule is CC/C=C\CCCCCCCCCCC#CO. The summed E-state index contributed by atoms with van der Waals surface area (Å²) in [6.07, 6.45) is 20.4. The van der Waals surface area contributed by atoms with Crippen molar-refractivity contribution in [1.82, 2.24) is 0 Å². The Morgan fingerprint density at radius 2 is 1.41 bits per heavy atom. The van der Waals surface area contributed by atoms with Crippen molar-refractivity contribution in [3.05, 3.63) is 12.2 Å². The molecule has 0 aliphatic heterocycles. The lowest BCUT2D eigenvalue weighted by Gasteiger charge is -2.00.